The van der Waals surface area contributed by atoms with Gasteiger partial charge in [-0.2, -0.15) is 0 Å². The normalized spacial score (nSPS) is 17.2. The molecule has 3 nitrogen and oxygen atoms in total. The number of hydrogen-bond donors (Lipinski definition) is 1. The van der Waals surface area contributed by atoms with Crippen molar-refractivity contribution in [3.8, 4) is 0 Å². The molecule has 1 fully saturated rings. The van der Waals surface area contributed by atoms with Crippen LogP contribution in [0, 0.1) is 5.82 Å². The van der Waals surface area contributed by atoms with E-state index in [1.54, 1.807) is 12.1 Å². The summed E-state index contributed by atoms with van der Waals surface area (Å²) < 4.78 is 15.8. The Morgan fingerprint density at radius 1 is 1.20 bits per heavy atom. The molecule has 1 aliphatic heterocycles. The van der Waals surface area contributed by atoms with E-state index in [1.807, 2.05) is 6.07 Å². The fourth-order valence-electron chi connectivity index (χ4n) is 3.08. The second-order valence-corrected chi connectivity index (χ2v) is 5.83. The first kappa shape index (κ1) is 13.6. The van der Waals surface area contributed by atoms with Gasteiger partial charge in [-0.25, -0.2) is 4.39 Å². The first-order valence-corrected chi connectivity index (χ1v) is 7.37. The van der Waals surface area contributed by atoms with Gasteiger partial charge in [0, 0.05) is 49.8 Å². The fourth-order valence-corrected chi connectivity index (χ4v) is 3.08. The van der Waals surface area contributed by atoms with Gasteiger partial charge >= 0.3 is 0 Å². The van der Waals surface area contributed by atoms with Crippen molar-refractivity contribution in [2.75, 3.05) is 26.2 Å². The molecule has 2 aromatic rings. The van der Waals surface area contributed by atoms with Crippen LogP contribution in [0.1, 0.15) is 25.6 Å². The maximum absolute atomic E-state index is 13.5. The average Bonchev–Trinajstić information content (AvgIpc) is 2.77. The summed E-state index contributed by atoms with van der Waals surface area (Å²) in [6.45, 7) is 9.52. The van der Waals surface area contributed by atoms with Gasteiger partial charge < -0.3 is 9.88 Å². The van der Waals surface area contributed by atoms with E-state index in [-0.39, 0.29) is 5.82 Å². The maximum atomic E-state index is 13.5. The van der Waals surface area contributed by atoms with Gasteiger partial charge in [-0.1, -0.05) is 0 Å². The minimum absolute atomic E-state index is 0.161. The van der Waals surface area contributed by atoms with E-state index in [1.165, 1.54) is 5.69 Å². The first-order chi connectivity index (χ1) is 9.65. The van der Waals surface area contributed by atoms with E-state index in [9.17, 15) is 4.39 Å². The fraction of sp³-hybridized carbons (Fsp3) is 0.500. The smallest absolute Gasteiger partial charge is 0.125 e. The minimum atomic E-state index is -0.161. The summed E-state index contributed by atoms with van der Waals surface area (Å²) in [6, 6.07) is 7.62. The molecule has 0 bridgehead atoms. The van der Waals surface area contributed by atoms with Gasteiger partial charge in [0.1, 0.15) is 5.82 Å². The van der Waals surface area contributed by atoms with Crippen molar-refractivity contribution in [1.82, 2.24) is 14.8 Å². The second-order valence-electron chi connectivity index (χ2n) is 5.83. The van der Waals surface area contributed by atoms with Gasteiger partial charge in [-0.3, -0.25) is 4.90 Å². The highest BCUT2D eigenvalue weighted by molar-refractivity contribution is 5.81. The molecule has 108 valence electrons. The highest BCUT2D eigenvalue weighted by Crippen LogP contribution is 2.26. The molecule has 0 saturated carbocycles. The summed E-state index contributed by atoms with van der Waals surface area (Å²) in [5, 5.41) is 4.50. The maximum Gasteiger partial charge on any atom is 0.125 e. The lowest BCUT2D eigenvalue weighted by atomic mass is 10.2. The quantitative estimate of drug-likeness (QED) is 0.929. The highest BCUT2D eigenvalue weighted by atomic mass is 19.1. The largest absolute Gasteiger partial charge is 0.341 e. The predicted octanol–water partition coefficient (Wildman–Crippen LogP) is 2.77. The molecule has 1 aliphatic rings. The Balaban J connectivity index is 1.98. The zero-order valence-corrected chi connectivity index (χ0v) is 12.2. The molecular weight excluding hydrogens is 253 g/mol. The van der Waals surface area contributed by atoms with Gasteiger partial charge in [0.2, 0.25) is 0 Å². The van der Waals surface area contributed by atoms with Crippen LogP contribution in [-0.4, -0.2) is 35.6 Å². The van der Waals surface area contributed by atoms with Crippen molar-refractivity contribution >= 4 is 10.9 Å². The number of rotatable bonds is 3. The number of piperazine rings is 1. The van der Waals surface area contributed by atoms with Crippen molar-refractivity contribution in [3.05, 3.63) is 35.8 Å². The van der Waals surface area contributed by atoms with Crippen LogP contribution in [0.2, 0.25) is 0 Å². The lowest BCUT2D eigenvalue weighted by Gasteiger charge is -2.28. The lowest BCUT2D eigenvalue weighted by Crippen LogP contribution is -2.43. The highest BCUT2D eigenvalue weighted by Gasteiger charge is 2.16. The minimum Gasteiger partial charge on any atom is -0.341 e. The molecule has 4 heteroatoms. The van der Waals surface area contributed by atoms with Gasteiger partial charge in [0.05, 0.1) is 5.52 Å². The molecule has 1 aromatic carbocycles. The number of nitrogens with zero attached hydrogens (tertiary/aromatic N) is 2. The molecule has 0 aliphatic carbocycles. The van der Waals surface area contributed by atoms with Crippen molar-refractivity contribution in [2.24, 2.45) is 0 Å². The van der Waals surface area contributed by atoms with Crippen LogP contribution in [0.4, 0.5) is 4.39 Å². The molecule has 1 saturated heterocycles. The van der Waals surface area contributed by atoms with Crippen LogP contribution >= 0.6 is 0 Å². The van der Waals surface area contributed by atoms with Crippen molar-refractivity contribution < 1.29 is 4.39 Å². The van der Waals surface area contributed by atoms with Crippen molar-refractivity contribution in [3.63, 3.8) is 0 Å². The Morgan fingerprint density at radius 2 is 1.95 bits per heavy atom. The van der Waals surface area contributed by atoms with Crippen molar-refractivity contribution in [2.45, 2.75) is 26.4 Å². The molecule has 0 spiro atoms. The van der Waals surface area contributed by atoms with Crippen LogP contribution in [0.15, 0.2) is 24.3 Å². The van der Waals surface area contributed by atoms with E-state index in [2.05, 4.69) is 34.7 Å². The number of aromatic nitrogens is 1. The molecule has 20 heavy (non-hydrogen) atoms. The topological polar surface area (TPSA) is 20.2 Å². The van der Waals surface area contributed by atoms with Gasteiger partial charge in [-0.05, 0) is 38.1 Å². The van der Waals surface area contributed by atoms with Crippen LogP contribution < -0.4 is 5.32 Å². The molecular formula is C16H22FN3. The third-order valence-electron chi connectivity index (χ3n) is 4.00. The summed E-state index contributed by atoms with van der Waals surface area (Å²) in [5.41, 5.74) is 2.28. The summed E-state index contributed by atoms with van der Waals surface area (Å²) in [6.07, 6.45) is 0. The molecule has 3 rings (SSSR count). The number of benzene rings is 1. The average molecular weight is 275 g/mol. The first-order valence-electron chi connectivity index (χ1n) is 7.37. The van der Waals surface area contributed by atoms with Crippen LogP contribution in [-0.2, 0) is 6.54 Å². The van der Waals surface area contributed by atoms with Crippen LogP contribution in [0.25, 0.3) is 10.9 Å². The number of nitrogens with one attached hydrogen (secondary N) is 1. The Morgan fingerprint density at radius 3 is 2.65 bits per heavy atom. The zero-order valence-electron chi connectivity index (χ0n) is 12.2. The molecule has 2 heterocycles. The number of halogens is 1. The van der Waals surface area contributed by atoms with E-state index in [4.69, 9.17) is 0 Å². The van der Waals surface area contributed by atoms with Gasteiger partial charge in [-0.15, -0.1) is 0 Å². The summed E-state index contributed by atoms with van der Waals surface area (Å²) in [5.74, 6) is -0.161. The van der Waals surface area contributed by atoms with E-state index < -0.39 is 0 Å². The molecule has 0 atom stereocenters. The van der Waals surface area contributed by atoms with Crippen molar-refractivity contribution in [1.29, 1.82) is 0 Å². The van der Waals surface area contributed by atoms with E-state index in [0.717, 1.165) is 43.6 Å². The van der Waals surface area contributed by atoms with Gasteiger partial charge in [0.15, 0.2) is 0 Å². The second kappa shape index (κ2) is 5.54. The van der Waals surface area contributed by atoms with E-state index >= 15 is 0 Å². The molecule has 0 unspecified atom stereocenters. The monoisotopic (exact) mass is 275 g/mol. The molecule has 0 radical (unpaired) electrons. The Kier molecular flexibility index (Phi) is 3.76. The number of fused-ring (bicyclic) bond motifs is 1. The number of hydrogen-bond acceptors (Lipinski definition) is 2. The Labute approximate surface area is 119 Å². The lowest BCUT2D eigenvalue weighted by molar-refractivity contribution is 0.227. The Bertz CT molecular complexity index is 597. The third-order valence-corrected chi connectivity index (χ3v) is 4.00. The Hall–Kier alpha value is -1.39. The molecule has 1 N–H and O–H groups in total. The SMILES string of the molecule is CC(C)n1c(CN2CCNCC2)cc2ccc(F)cc21. The zero-order chi connectivity index (χ0) is 14.1. The van der Waals surface area contributed by atoms with Crippen LogP contribution in [0.3, 0.4) is 0 Å². The summed E-state index contributed by atoms with van der Waals surface area (Å²) in [4.78, 5) is 2.46. The van der Waals surface area contributed by atoms with E-state index in [0.29, 0.717) is 6.04 Å². The standard InChI is InChI=1S/C16H22FN3/c1-12(2)20-15(11-19-7-5-18-6-8-19)9-13-3-4-14(17)10-16(13)20/h3-4,9-10,12,18H,5-8,11H2,1-2H3. The van der Waals surface area contributed by atoms with Crippen LogP contribution in [0.5, 0.6) is 0 Å². The third kappa shape index (κ3) is 2.58. The van der Waals surface area contributed by atoms with Gasteiger partial charge in [0.25, 0.3) is 0 Å². The molecule has 0 amide bonds. The predicted molar refractivity (Wildman–Crippen MR) is 80.4 cm³/mol. The summed E-state index contributed by atoms with van der Waals surface area (Å²) in [7, 11) is 0. The summed E-state index contributed by atoms with van der Waals surface area (Å²) >= 11 is 0. The molecule has 1 aromatic heterocycles.